The lowest BCUT2D eigenvalue weighted by atomic mass is 10.0. The zero-order valence-corrected chi connectivity index (χ0v) is 12.9. The Kier molecular flexibility index (Phi) is 4.86. The van der Waals surface area contributed by atoms with Crippen LogP contribution in [0, 0.1) is 6.92 Å². The summed E-state index contributed by atoms with van der Waals surface area (Å²) in [7, 11) is 0. The number of nitrogens with one attached hydrogen (secondary N) is 1. The highest BCUT2D eigenvalue weighted by atomic mass is 79.9. The number of halogens is 2. The second-order valence-electron chi connectivity index (χ2n) is 4.40. The van der Waals surface area contributed by atoms with Gasteiger partial charge in [-0.1, -0.05) is 45.7 Å². The summed E-state index contributed by atoms with van der Waals surface area (Å²) in [5.41, 5.74) is 3.08. The van der Waals surface area contributed by atoms with Gasteiger partial charge in [-0.15, -0.1) is 0 Å². The molecule has 2 rings (SSSR count). The van der Waals surface area contributed by atoms with Crippen molar-refractivity contribution in [1.29, 1.82) is 0 Å². The molecule has 0 heterocycles. The predicted octanol–water partition coefficient (Wildman–Crippen LogP) is 4.56. The summed E-state index contributed by atoms with van der Waals surface area (Å²) in [4.78, 5) is 0. The van der Waals surface area contributed by atoms with Crippen molar-refractivity contribution in [1.82, 2.24) is 0 Å². The minimum absolute atomic E-state index is 0.0214. The fraction of sp³-hybridized carbons (Fsp3) is 0.200. The van der Waals surface area contributed by atoms with Crippen LogP contribution in [0.5, 0.6) is 0 Å². The molecule has 0 bridgehead atoms. The molecule has 1 atom stereocenters. The fourth-order valence-corrected chi connectivity index (χ4v) is 2.34. The van der Waals surface area contributed by atoms with E-state index >= 15 is 0 Å². The lowest BCUT2D eigenvalue weighted by Crippen LogP contribution is -2.15. The van der Waals surface area contributed by atoms with E-state index in [9.17, 15) is 5.11 Å². The van der Waals surface area contributed by atoms with Crippen LogP contribution in [-0.2, 0) is 0 Å². The van der Waals surface area contributed by atoms with Crippen LogP contribution in [0.4, 0.5) is 5.69 Å². The average molecular weight is 341 g/mol. The molecule has 0 aliphatic heterocycles. The first-order chi connectivity index (χ1) is 9.10. The number of aliphatic hydroxyl groups is 1. The van der Waals surface area contributed by atoms with Crippen molar-refractivity contribution in [2.24, 2.45) is 0 Å². The molecule has 100 valence electrons. The van der Waals surface area contributed by atoms with Gasteiger partial charge in [-0.05, 0) is 42.3 Å². The Morgan fingerprint density at radius 2 is 2.05 bits per heavy atom. The summed E-state index contributed by atoms with van der Waals surface area (Å²) < 4.78 is 1.07. The van der Waals surface area contributed by atoms with Gasteiger partial charge in [0.1, 0.15) is 0 Å². The van der Waals surface area contributed by atoms with Crippen LogP contribution in [0.3, 0.4) is 0 Å². The van der Waals surface area contributed by atoms with Crippen molar-refractivity contribution in [3.8, 4) is 0 Å². The van der Waals surface area contributed by atoms with Crippen LogP contribution in [0.15, 0.2) is 46.9 Å². The SMILES string of the molecule is Cc1cc(C(CO)Nc2cccc(Cl)c2)ccc1Br. The second-order valence-corrected chi connectivity index (χ2v) is 5.69. The molecule has 0 fully saturated rings. The van der Waals surface area contributed by atoms with Crippen molar-refractivity contribution in [3.63, 3.8) is 0 Å². The first kappa shape index (κ1) is 14.4. The van der Waals surface area contributed by atoms with Crippen LogP contribution in [0.1, 0.15) is 17.2 Å². The third-order valence-electron chi connectivity index (χ3n) is 2.93. The number of anilines is 1. The summed E-state index contributed by atoms with van der Waals surface area (Å²) in [5.74, 6) is 0. The topological polar surface area (TPSA) is 32.3 Å². The largest absolute Gasteiger partial charge is 0.394 e. The number of rotatable bonds is 4. The first-order valence-electron chi connectivity index (χ1n) is 5.99. The van der Waals surface area contributed by atoms with Gasteiger partial charge in [0.25, 0.3) is 0 Å². The summed E-state index contributed by atoms with van der Waals surface area (Å²) in [6.45, 7) is 2.05. The Labute approximate surface area is 126 Å². The van der Waals surface area contributed by atoms with E-state index in [0.29, 0.717) is 5.02 Å². The molecule has 2 N–H and O–H groups in total. The molecule has 1 unspecified atom stereocenters. The van der Waals surface area contributed by atoms with Gasteiger partial charge in [0.15, 0.2) is 0 Å². The highest BCUT2D eigenvalue weighted by Gasteiger charge is 2.11. The molecule has 19 heavy (non-hydrogen) atoms. The quantitative estimate of drug-likeness (QED) is 0.855. The van der Waals surface area contributed by atoms with Crippen molar-refractivity contribution < 1.29 is 5.11 Å². The Morgan fingerprint density at radius 1 is 1.26 bits per heavy atom. The molecule has 0 amide bonds. The Morgan fingerprint density at radius 3 is 2.68 bits per heavy atom. The maximum Gasteiger partial charge on any atom is 0.0745 e. The first-order valence-corrected chi connectivity index (χ1v) is 7.16. The van der Waals surface area contributed by atoms with Gasteiger partial charge in [-0.25, -0.2) is 0 Å². The molecule has 0 aliphatic carbocycles. The molecule has 0 radical (unpaired) electrons. The van der Waals surface area contributed by atoms with Crippen LogP contribution in [0.2, 0.25) is 5.02 Å². The molecule has 0 aromatic heterocycles. The van der Waals surface area contributed by atoms with Gasteiger partial charge in [-0.2, -0.15) is 0 Å². The number of benzene rings is 2. The van der Waals surface area contributed by atoms with E-state index in [1.807, 2.05) is 43.3 Å². The minimum Gasteiger partial charge on any atom is -0.394 e. The summed E-state index contributed by atoms with van der Waals surface area (Å²) >= 11 is 9.43. The molecule has 2 aromatic rings. The highest BCUT2D eigenvalue weighted by molar-refractivity contribution is 9.10. The molecule has 0 aliphatic rings. The number of aryl methyl sites for hydroxylation is 1. The number of hydrogen-bond donors (Lipinski definition) is 2. The zero-order chi connectivity index (χ0) is 13.8. The summed E-state index contributed by atoms with van der Waals surface area (Å²) in [6, 6.07) is 13.4. The summed E-state index contributed by atoms with van der Waals surface area (Å²) in [5, 5.41) is 13.5. The Balaban J connectivity index is 2.22. The van der Waals surface area contributed by atoms with Crippen molar-refractivity contribution in [2.75, 3.05) is 11.9 Å². The van der Waals surface area contributed by atoms with E-state index in [-0.39, 0.29) is 12.6 Å². The minimum atomic E-state index is -0.148. The van der Waals surface area contributed by atoms with Crippen LogP contribution < -0.4 is 5.32 Å². The fourth-order valence-electron chi connectivity index (χ4n) is 1.90. The third-order valence-corrected chi connectivity index (χ3v) is 4.06. The number of hydrogen-bond acceptors (Lipinski definition) is 2. The van der Waals surface area contributed by atoms with E-state index in [2.05, 4.69) is 27.3 Å². The van der Waals surface area contributed by atoms with E-state index in [1.54, 1.807) is 0 Å². The van der Waals surface area contributed by atoms with Gasteiger partial charge in [-0.3, -0.25) is 0 Å². The molecule has 0 saturated heterocycles. The lowest BCUT2D eigenvalue weighted by Gasteiger charge is -2.19. The molecule has 2 nitrogen and oxygen atoms in total. The molecule has 0 saturated carbocycles. The normalized spacial score (nSPS) is 12.2. The maximum atomic E-state index is 9.56. The molecule has 0 spiro atoms. The predicted molar refractivity (Wildman–Crippen MR) is 83.8 cm³/mol. The third kappa shape index (κ3) is 3.72. The van der Waals surface area contributed by atoms with Crippen LogP contribution in [-0.4, -0.2) is 11.7 Å². The van der Waals surface area contributed by atoms with Crippen LogP contribution in [0.25, 0.3) is 0 Å². The van der Waals surface area contributed by atoms with Crippen LogP contribution >= 0.6 is 27.5 Å². The second kappa shape index (κ2) is 6.42. The van der Waals surface area contributed by atoms with Crippen molar-refractivity contribution in [3.05, 3.63) is 63.1 Å². The highest BCUT2D eigenvalue weighted by Crippen LogP contribution is 2.25. The van der Waals surface area contributed by atoms with Gasteiger partial charge in [0, 0.05) is 15.2 Å². The van der Waals surface area contributed by atoms with E-state index in [1.165, 1.54) is 0 Å². The van der Waals surface area contributed by atoms with Gasteiger partial charge < -0.3 is 10.4 Å². The monoisotopic (exact) mass is 339 g/mol. The van der Waals surface area contributed by atoms with E-state index in [4.69, 9.17) is 11.6 Å². The standard InChI is InChI=1S/C15H15BrClNO/c1-10-7-11(5-6-14(10)16)15(9-19)18-13-4-2-3-12(17)8-13/h2-8,15,18-19H,9H2,1H3. The van der Waals surface area contributed by atoms with E-state index in [0.717, 1.165) is 21.3 Å². The lowest BCUT2D eigenvalue weighted by molar-refractivity contribution is 0.276. The van der Waals surface area contributed by atoms with Gasteiger partial charge >= 0.3 is 0 Å². The molecular formula is C15H15BrClNO. The van der Waals surface area contributed by atoms with E-state index < -0.39 is 0 Å². The van der Waals surface area contributed by atoms with Crippen molar-refractivity contribution in [2.45, 2.75) is 13.0 Å². The van der Waals surface area contributed by atoms with Gasteiger partial charge in [0.2, 0.25) is 0 Å². The van der Waals surface area contributed by atoms with Gasteiger partial charge in [0.05, 0.1) is 12.6 Å². The Bertz CT molecular complexity index is 574. The number of aliphatic hydroxyl groups excluding tert-OH is 1. The summed E-state index contributed by atoms with van der Waals surface area (Å²) in [6.07, 6.45) is 0. The molecule has 4 heteroatoms. The molecule has 2 aromatic carbocycles. The zero-order valence-electron chi connectivity index (χ0n) is 10.5. The smallest absolute Gasteiger partial charge is 0.0745 e. The molecular weight excluding hydrogens is 326 g/mol. The van der Waals surface area contributed by atoms with Crippen molar-refractivity contribution >= 4 is 33.2 Å². The average Bonchev–Trinajstić information content (AvgIpc) is 2.39. The maximum absolute atomic E-state index is 9.56. The Hall–Kier alpha value is -1.03.